The number of fused-ring (bicyclic) bond motifs is 1. The topological polar surface area (TPSA) is 69.9 Å². The van der Waals surface area contributed by atoms with Gasteiger partial charge in [-0.2, -0.15) is 0 Å². The van der Waals surface area contributed by atoms with E-state index in [1.807, 2.05) is 103 Å². The molecule has 2 heterocycles. The first kappa shape index (κ1) is 33.7. The van der Waals surface area contributed by atoms with Gasteiger partial charge in [0.15, 0.2) is 4.80 Å². The molecule has 0 saturated heterocycles. The van der Waals surface area contributed by atoms with Gasteiger partial charge >= 0.3 is 5.97 Å². The van der Waals surface area contributed by atoms with Gasteiger partial charge in [-0.05, 0) is 77.7 Å². The highest BCUT2D eigenvalue weighted by atomic mass is 127. The van der Waals surface area contributed by atoms with Crippen LogP contribution in [0.5, 0.6) is 5.75 Å². The molecular formula is C36H27BrClIN2O4S2. The molecule has 0 fully saturated rings. The fourth-order valence-electron chi connectivity index (χ4n) is 5.29. The number of nitrogens with zero attached hydrogens (tertiary/aromatic N) is 2. The summed E-state index contributed by atoms with van der Waals surface area (Å²) in [5.74, 6) is 0.112. The predicted molar refractivity (Wildman–Crippen MR) is 202 cm³/mol. The van der Waals surface area contributed by atoms with Crippen LogP contribution >= 0.6 is 73.2 Å². The molecule has 0 unspecified atom stereocenters. The van der Waals surface area contributed by atoms with Crippen molar-refractivity contribution in [1.29, 1.82) is 0 Å². The van der Waals surface area contributed by atoms with Gasteiger partial charge in [0, 0.05) is 31.1 Å². The largest absolute Gasteiger partial charge is 0.487 e. The normalized spacial score (nSPS) is 14.5. The van der Waals surface area contributed by atoms with Crippen LogP contribution < -0.4 is 19.6 Å². The summed E-state index contributed by atoms with van der Waals surface area (Å²) in [6.07, 6.45) is 3.83. The highest BCUT2D eigenvalue weighted by Crippen LogP contribution is 2.36. The fourth-order valence-corrected chi connectivity index (χ4v) is 8.58. The number of hydrogen-bond acceptors (Lipinski definition) is 7. The number of benzene rings is 4. The van der Waals surface area contributed by atoms with E-state index in [4.69, 9.17) is 26.1 Å². The van der Waals surface area contributed by atoms with Gasteiger partial charge in [-0.3, -0.25) is 9.36 Å². The highest BCUT2D eigenvalue weighted by Gasteiger charge is 2.35. The Hall–Kier alpha value is -3.16. The first-order valence-corrected chi connectivity index (χ1v) is 18.9. The van der Waals surface area contributed by atoms with Crippen LogP contribution in [0.3, 0.4) is 0 Å². The number of esters is 1. The molecule has 0 saturated carbocycles. The van der Waals surface area contributed by atoms with E-state index >= 15 is 0 Å². The molecule has 1 aliphatic heterocycles. The van der Waals surface area contributed by atoms with E-state index in [2.05, 4.69) is 38.5 Å². The summed E-state index contributed by atoms with van der Waals surface area (Å²) in [6.45, 7) is 2.21. The van der Waals surface area contributed by atoms with Gasteiger partial charge < -0.3 is 9.47 Å². The van der Waals surface area contributed by atoms with Gasteiger partial charge in [-0.25, -0.2) is 9.79 Å². The Bertz CT molecular complexity index is 2180. The van der Waals surface area contributed by atoms with Gasteiger partial charge in [0.25, 0.3) is 5.56 Å². The van der Waals surface area contributed by atoms with Crippen molar-refractivity contribution in [2.45, 2.75) is 24.5 Å². The smallest absolute Gasteiger partial charge is 0.338 e. The van der Waals surface area contributed by atoms with Crippen LogP contribution in [-0.4, -0.2) is 23.4 Å². The zero-order valence-electron chi connectivity index (χ0n) is 25.2. The second-order valence-corrected chi connectivity index (χ2v) is 14.8. The number of hydrogen-bond donors (Lipinski definition) is 0. The Morgan fingerprint density at radius 1 is 1.09 bits per heavy atom. The quantitative estimate of drug-likeness (QED) is 0.0849. The number of thiazole rings is 1. The molecule has 0 bridgehead atoms. The Morgan fingerprint density at radius 2 is 1.81 bits per heavy atom. The molecule has 6 rings (SSSR count). The zero-order chi connectivity index (χ0) is 33.1. The minimum Gasteiger partial charge on any atom is -0.487 e. The van der Waals surface area contributed by atoms with Crippen molar-refractivity contribution in [2.24, 2.45) is 4.99 Å². The molecule has 238 valence electrons. The molecule has 4 aromatic carbocycles. The number of ether oxygens (including phenoxy) is 2. The lowest BCUT2D eigenvalue weighted by molar-refractivity contribution is -0.138. The summed E-state index contributed by atoms with van der Waals surface area (Å²) >= 11 is 15.1. The number of carbonyl (C=O) groups is 1. The maximum atomic E-state index is 14.4. The average molecular weight is 858 g/mol. The number of rotatable bonds is 9. The summed E-state index contributed by atoms with van der Waals surface area (Å²) in [7, 11) is 0. The van der Waals surface area contributed by atoms with Crippen molar-refractivity contribution < 1.29 is 14.3 Å². The molecule has 0 spiro atoms. The van der Waals surface area contributed by atoms with Crippen LogP contribution in [0.25, 0.3) is 11.8 Å². The van der Waals surface area contributed by atoms with Gasteiger partial charge in [0.05, 0.1) is 32.0 Å². The zero-order valence-corrected chi connectivity index (χ0v) is 31.3. The van der Waals surface area contributed by atoms with Crippen LogP contribution in [0, 0.1) is 3.57 Å². The van der Waals surface area contributed by atoms with Crippen molar-refractivity contribution >= 4 is 91.0 Å². The van der Waals surface area contributed by atoms with E-state index in [1.54, 1.807) is 23.3 Å². The van der Waals surface area contributed by atoms with Crippen LogP contribution in [-0.2, 0) is 16.1 Å². The fraction of sp³-hybridized carbons (Fsp3) is 0.139. The molecule has 1 atom stereocenters. The third kappa shape index (κ3) is 7.17. The Kier molecular flexibility index (Phi) is 10.7. The first-order chi connectivity index (χ1) is 22.8. The Balaban J connectivity index is 1.56. The van der Waals surface area contributed by atoms with E-state index < -0.39 is 12.0 Å². The SMILES string of the molecule is CCOC(=O)C1=C(c2ccccc2)N=c2s/c(=C\c3cc(Br)cc(I)c3OCc3ccccc3Cl)c(=O)n2[C@H]1c1ccc(SC)cc1. The van der Waals surface area contributed by atoms with Gasteiger partial charge in [0.2, 0.25) is 0 Å². The van der Waals surface area contributed by atoms with Crippen LogP contribution in [0.4, 0.5) is 0 Å². The molecule has 47 heavy (non-hydrogen) atoms. The summed E-state index contributed by atoms with van der Waals surface area (Å²) in [5.41, 5.74) is 3.64. The molecule has 0 N–H and O–H groups in total. The molecule has 0 aliphatic carbocycles. The first-order valence-electron chi connectivity index (χ1n) is 14.6. The van der Waals surface area contributed by atoms with Crippen molar-refractivity contribution in [3.05, 3.63) is 152 Å². The van der Waals surface area contributed by atoms with Gasteiger partial charge in [-0.1, -0.05) is 99.5 Å². The molecule has 5 aromatic rings. The van der Waals surface area contributed by atoms with E-state index in [9.17, 15) is 9.59 Å². The highest BCUT2D eigenvalue weighted by molar-refractivity contribution is 14.1. The van der Waals surface area contributed by atoms with Crippen molar-refractivity contribution in [3.63, 3.8) is 0 Å². The molecule has 1 aromatic heterocycles. The van der Waals surface area contributed by atoms with E-state index in [1.165, 1.54) is 11.3 Å². The standard InChI is InChI=1S/C36H27BrClIN2O4S2/c1-3-44-35(43)30-31(21-9-5-4-6-10-21)40-36-41(32(30)22-13-15-26(46-2)16-14-22)34(42)29(47-36)18-24-17-25(37)19-28(39)33(24)45-20-23-11-7-8-12-27(23)38/h4-19,32H,3,20H2,1-2H3/b29-18-/t32-/m0/s1. The lowest BCUT2D eigenvalue weighted by atomic mass is 9.93. The average Bonchev–Trinajstić information content (AvgIpc) is 3.38. The maximum absolute atomic E-state index is 14.4. The van der Waals surface area contributed by atoms with Crippen molar-refractivity contribution in [2.75, 3.05) is 12.9 Å². The minimum absolute atomic E-state index is 0.186. The summed E-state index contributed by atoms with van der Waals surface area (Å²) in [6, 6.07) is 28.1. The Morgan fingerprint density at radius 3 is 2.51 bits per heavy atom. The molecule has 0 radical (unpaired) electrons. The Labute approximate surface area is 307 Å². The second kappa shape index (κ2) is 14.9. The lowest BCUT2D eigenvalue weighted by Crippen LogP contribution is -2.40. The van der Waals surface area contributed by atoms with Crippen LogP contribution in [0.2, 0.25) is 5.02 Å². The van der Waals surface area contributed by atoms with Gasteiger partial charge in [0.1, 0.15) is 12.4 Å². The summed E-state index contributed by atoms with van der Waals surface area (Å²) in [5, 5.41) is 0.617. The van der Waals surface area contributed by atoms with Crippen molar-refractivity contribution in [3.8, 4) is 5.75 Å². The second-order valence-electron chi connectivity index (χ2n) is 10.4. The lowest BCUT2D eigenvalue weighted by Gasteiger charge is -2.26. The molecule has 6 nitrogen and oxygen atoms in total. The predicted octanol–water partition coefficient (Wildman–Crippen LogP) is 8.26. The van der Waals surface area contributed by atoms with E-state index in [-0.39, 0.29) is 18.8 Å². The maximum Gasteiger partial charge on any atom is 0.338 e. The molecular weight excluding hydrogens is 831 g/mol. The molecule has 1 aliphatic rings. The minimum atomic E-state index is -0.753. The van der Waals surface area contributed by atoms with E-state index in [0.717, 1.165) is 35.2 Å². The number of halogens is 3. The van der Waals surface area contributed by atoms with Crippen LogP contribution in [0.15, 0.2) is 116 Å². The molecule has 0 amide bonds. The van der Waals surface area contributed by atoms with Gasteiger partial charge in [-0.15, -0.1) is 11.8 Å². The van der Waals surface area contributed by atoms with Crippen molar-refractivity contribution in [1.82, 2.24) is 4.57 Å². The molecule has 11 heteroatoms. The third-order valence-electron chi connectivity index (χ3n) is 7.46. The monoisotopic (exact) mass is 856 g/mol. The van der Waals surface area contributed by atoms with Crippen LogP contribution in [0.1, 0.15) is 35.2 Å². The number of aromatic nitrogens is 1. The summed E-state index contributed by atoms with van der Waals surface area (Å²) < 4.78 is 15.7. The third-order valence-corrected chi connectivity index (χ3v) is 10.8. The number of thioether (sulfide) groups is 1. The van der Waals surface area contributed by atoms with E-state index in [0.29, 0.717) is 31.4 Å². The summed E-state index contributed by atoms with van der Waals surface area (Å²) in [4.78, 5) is 34.7. The number of carbonyl (C=O) groups excluding carboxylic acids is 1.